The van der Waals surface area contributed by atoms with Crippen molar-refractivity contribution in [1.82, 2.24) is 19.7 Å². The number of carbonyl (C=O) groups is 1. The van der Waals surface area contributed by atoms with E-state index in [-0.39, 0.29) is 5.56 Å². The molecule has 0 amide bonds. The Bertz CT molecular complexity index is 1020. The van der Waals surface area contributed by atoms with Crippen LogP contribution in [0, 0.1) is 0 Å². The summed E-state index contributed by atoms with van der Waals surface area (Å²) in [6, 6.07) is 10.7. The number of hydrogen-bond donors (Lipinski definition) is 1. The lowest BCUT2D eigenvalue weighted by atomic mass is 10.0. The van der Waals surface area contributed by atoms with Gasteiger partial charge in [-0.3, -0.25) is 4.98 Å². The van der Waals surface area contributed by atoms with Crippen LogP contribution in [0.3, 0.4) is 0 Å². The quantitative estimate of drug-likeness (QED) is 0.493. The van der Waals surface area contributed by atoms with Crippen LogP contribution in [0.15, 0.2) is 42.6 Å². The number of nitrogens with zero attached hydrogens (tertiary/aromatic N) is 4. The number of methoxy groups -OCH3 is 2. The minimum Gasteiger partial charge on any atom is -0.478 e. The minimum absolute atomic E-state index is 0.248. The third kappa shape index (κ3) is 4.65. The molecular weight excluding hydrogens is 396 g/mol. The summed E-state index contributed by atoms with van der Waals surface area (Å²) in [5.41, 5.74) is 2.43. The number of rotatable bonds is 10. The maximum Gasteiger partial charge on any atom is 0.336 e. The molecule has 3 rings (SSSR count). The largest absolute Gasteiger partial charge is 0.478 e. The highest BCUT2D eigenvalue weighted by molar-refractivity contribution is 5.95. The number of aryl methyl sites for hydroxylation is 1. The zero-order valence-corrected chi connectivity index (χ0v) is 18.3. The Morgan fingerprint density at radius 1 is 1.13 bits per heavy atom. The average Bonchev–Trinajstić information content (AvgIpc) is 3.19. The summed E-state index contributed by atoms with van der Waals surface area (Å²) in [6.07, 6.45) is 3.96. The average molecular weight is 425 g/mol. The van der Waals surface area contributed by atoms with E-state index in [9.17, 15) is 9.90 Å². The summed E-state index contributed by atoms with van der Waals surface area (Å²) >= 11 is 0. The molecule has 1 N–H and O–H groups in total. The van der Waals surface area contributed by atoms with Gasteiger partial charge in [0.15, 0.2) is 0 Å². The van der Waals surface area contributed by atoms with Crippen molar-refractivity contribution in [3.8, 4) is 11.1 Å². The van der Waals surface area contributed by atoms with E-state index in [1.807, 2.05) is 29.8 Å². The zero-order valence-electron chi connectivity index (χ0n) is 18.3. The molecule has 0 radical (unpaired) electrons. The number of carboxylic acid groups (broad SMARTS) is 1. The molecule has 0 atom stereocenters. The third-order valence-corrected chi connectivity index (χ3v) is 5.29. The zero-order chi connectivity index (χ0) is 22.4. The minimum atomic E-state index is -0.981. The fraction of sp³-hybridized carbons (Fsp3) is 0.391. The van der Waals surface area contributed by atoms with Gasteiger partial charge in [0.1, 0.15) is 5.82 Å². The van der Waals surface area contributed by atoms with Crippen molar-refractivity contribution in [2.75, 3.05) is 14.2 Å². The SMILES string of the molecule is CCCc1nc(C(CC)(OC)OC)nn1Cc1ccc(-c2ccccc2C(=O)O)cn1. The first kappa shape index (κ1) is 22.6. The highest BCUT2D eigenvalue weighted by atomic mass is 16.7. The highest BCUT2D eigenvalue weighted by Crippen LogP contribution is 2.28. The summed E-state index contributed by atoms with van der Waals surface area (Å²) < 4.78 is 13.0. The van der Waals surface area contributed by atoms with Gasteiger partial charge in [0, 0.05) is 38.8 Å². The molecule has 0 aliphatic heterocycles. The van der Waals surface area contributed by atoms with Crippen LogP contribution < -0.4 is 0 Å². The van der Waals surface area contributed by atoms with Gasteiger partial charge in [0.25, 0.3) is 0 Å². The van der Waals surface area contributed by atoms with Crippen LogP contribution in [0.25, 0.3) is 11.1 Å². The van der Waals surface area contributed by atoms with E-state index in [1.54, 1.807) is 38.6 Å². The van der Waals surface area contributed by atoms with Crippen LogP contribution in [0.5, 0.6) is 0 Å². The number of pyridine rings is 1. The lowest BCUT2D eigenvalue weighted by Gasteiger charge is -2.26. The number of aromatic nitrogens is 4. The molecule has 0 aliphatic rings. The second-order valence-corrected chi connectivity index (χ2v) is 7.16. The molecule has 0 unspecified atom stereocenters. The van der Waals surface area contributed by atoms with Crippen LogP contribution in [0.1, 0.15) is 54.4 Å². The summed E-state index contributed by atoms with van der Waals surface area (Å²) in [5.74, 6) is -0.609. The maximum absolute atomic E-state index is 11.5. The summed E-state index contributed by atoms with van der Waals surface area (Å²) in [5, 5.41) is 14.1. The van der Waals surface area contributed by atoms with E-state index < -0.39 is 11.8 Å². The van der Waals surface area contributed by atoms with Crippen molar-refractivity contribution in [3.63, 3.8) is 0 Å². The van der Waals surface area contributed by atoms with Crippen molar-refractivity contribution < 1.29 is 19.4 Å². The van der Waals surface area contributed by atoms with Gasteiger partial charge in [-0.1, -0.05) is 38.1 Å². The Morgan fingerprint density at radius 3 is 2.45 bits per heavy atom. The molecule has 2 heterocycles. The van der Waals surface area contributed by atoms with Crippen molar-refractivity contribution in [1.29, 1.82) is 0 Å². The Morgan fingerprint density at radius 2 is 1.87 bits per heavy atom. The molecule has 1 aromatic carbocycles. The fourth-order valence-corrected chi connectivity index (χ4v) is 3.54. The van der Waals surface area contributed by atoms with Gasteiger partial charge < -0.3 is 14.6 Å². The molecule has 0 bridgehead atoms. The first-order valence-corrected chi connectivity index (χ1v) is 10.3. The normalized spacial score (nSPS) is 11.6. The van der Waals surface area contributed by atoms with E-state index >= 15 is 0 Å². The van der Waals surface area contributed by atoms with Crippen molar-refractivity contribution in [2.45, 2.75) is 45.4 Å². The van der Waals surface area contributed by atoms with E-state index in [2.05, 4.69) is 22.0 Å². The van der Waals surface area contributed by atoms with Crippen molar-refractivity contribution >= 4 is 5.97 Å². The van der Waals surface area contributed by atoms with Gasteiger partial charge >= 0.3 is 5.97 Å². The molecule has 8 heteroatoms. The lowest BCUT2D eigenvalue weighted by molar-refractivity contribution is -0.222. The molecule has 0 saturated carbocycles. The predicted molar refractivity (Wildman–Crippen MR) is 116 cm³/mol. The van der Waals surface area contributed by atoms with Gasteiger partial charge in [-0.25, -0.2) is 14.5 Å². The Hall–Kier alpha value is -3.10. The molecule has 8 nitrogen and oxygen atoms in total. The molecule has 0 aliphatic carbocycles. The van der Waals surface area contributed by atoms with Crippen molar-refractivity contribution in [3.05, 3.63) is 65.5 Å². The molecular formula is C23H28N4O4. The van der Waals surface area contributed by atoms with Gasteiger partial charge in [0.2, 0.25) is 11.6 Å². The van der Waals surface area contributed by atoms with Gasteiger partial charge in [-0.05, 0) is 24.1 Å². The standard InChI is InChI=1S/C23H28N4O4/c1-5-9-20-25-22(23(6-2,30-3)31-4)26-27(20)15-17-13-12-16(14-24-17)18-10-7-8-11-19(18)21(28)29/h7-8,10-14H,5-6,9,15H2,1-4H3,(H,28,29). The highest BCUT2D eigenvalue weighted by Gasteiger charge is 2.35. The van der Waals surface area contributed by atoms with Gasteiger partial charge in [-0.2, -0.15) is 0 Å². The van der Waals surface area contributed by atoms with Gasteiger partial charge in [-0.15, -0.1) is 5.10 Å². The second kappa shape index (κ2) is 9.80. The molecule has 0 saturated heterocycles. The lowest BCUT2D eigenvalue weighted by Crippen LogP contribution is -2.31. The second-order valence-electron chi connectivity index (χ2n) is 7.16. The molecule has 0 fully saturated rings. The number of aromatic carboxylic acids is 1. The van der Waals surface area contributed by atoms with Crippen LogP contribution in [0.2, 0.25) is 0 Å². The molecule has 3 aromatic rings. The maximum atomic E-state index is 11.5. The van der Waals surface area contributed by atoms with Crippen LogP contribution in [-0.2, 0) is 28.2 Å². The molecule has 31 heavy (non-hydrogen) atoms. The van der Waals surface area contributed by atoms with Crippen LogP contribution in [-0.4, -0.2) is 45.0 Å². The predicted octanol–water partition coefficient (Wildman–Crippen LogP) is 3.89. The summed E-state index contributed by atoms with van der Waals surface area (Å²) in [7, 11) is 3.17. The fourth-order valence-electron chi connectivity index (χ4n) is 3.54. The van der Waals surface area contributed by atoms with Gasteiger partial charge in [0.05, 0.1) is 17.8 Å². The summed E-state index contributed by atoms with van der Waals surface area (Å²) in [4.78, 5) is 20.7. The third-order valence-electron chi connectivity index (χ3n) is 5.29. The first-order valence-electron chi connectivity index (χ1n) is 10.3. The van der Waals surface area contributed by atoms with Crippen molar-refractivity contribution in [2.24, 2.45) is 0 Å². The van der Waals surface area contributed by atoms with E-state index in [0.29, 0.717) is 24.4 Å². The summed E-state index contributed by atoms with van der Waals surface area (Å²) in [6.45, 7) is 4.49. The first-order chi connectivity index (χ1) is 15.0. The Balaban J connectivity index is 1.90. The molecule has 164 valence electrons. The smallest absolute Gasteiger partial charge is 0.336 e. The molecule has 2 aromatic heterocycles. The Labute approximate surface area is 181 Å². The van der Waals surface area contributed by atoms with Crippen LogP contribution in [0.4, 0.5) is 0 Å². The molecule has 0 spiro atoms. The van der Waals surface area contributed by atoms with E-state index in [0.717, 1.165) is 29.9 Å². The van der Waals surface area contributed by atoms with Crippen LogP contribution >= 0.6 is 0 Å². The number of carboxylic acids is 1. The number of hydrogen-bond acceptors (Lipinski definition) is 6. The topological polar surface area (TPSA) is 99.4 Å². The Kier molecular flexibility index (Phi) is 7.14. The van der Waals surface area contributed by atoms with E-state index in [1.165, 1.54) is 0 Å². The monoisotopic (exact) mass is 424 g/mol. The van der Waals surface area contributed by atoms with E-state index in [4.69, 9.17) is 9.47 Å². The number of benzene rings is 1. The number of ether oxygens (including phenoxy) is 2.